The van der Waals surface area contributed by atoms with Gasteiger partial charge in [0.15, 0.2) is 0 Å². The van der Waals surface area contributed by atoms with Crippen LogP contribution in [0.2, 0.25) is 0 Å². The van der Waals surface area contributed by atoms with Crippen LogP contribution in [0.4, 0.5) is 0 Å². The lowest BCUT2D eigenvalue weighted by Gasteiger charge is -2.16. The van der Waals surface area contributed by atoms with E-state index in [-0.39, 0.29) is 0 Å². The molecule has 1 fully saturated rings. The van der Waals surface area contributed by atoms with E-state index in [0.717, 1.165) is 6.54 Å². The summed E-state index contributed by atoms with van der Waals surface area (Å²) < 4.78 is 0. The molecule has 0 aliphatic carbocycles. The molecule has 1 saturated heterocycles. The maximum Gasteiger partial charge on any atom is 0.0131 e. The van der Waals surface area contributed by atoms with E-state index in [2.05, 4.69) is 11.8 Å². The van der Waals surface area contributed by atoms with Crippen LogP contribution in [0.25, 0.3) is 0 Å². The topological polar surface area (TPSA) is 3.24 Å². The number of hydrogen-bond donors (Lipinski definition) is 0. The molecule has 0 aromatic rings. The van der Waals surface area contributed by atoms with E-state index < -0.39 is 0 Å². The molecule has 0 saturated carbocycles. The van der Waals surface area contributed by atoms with Gasteiger partial charge in [-0.3, -0.25) is 0 Å². The van der Waals surface area contributed by atoms with Gasteiger partial charge >= 0.3 is 0 Å². The Hall–Kier alpha value is -0.0400. The predicted molar refractivity (Wildman–Crippen MR) is 34.6 cm³/mol. The van der Waals surface area contributed by atoms with Crippen molar-refractivity contribution in [3.8, 4) is 0 Å². The molecule has 0 N–H and O–H groups in total. The summed E-state index contributed by atoms with van der Waals surface area (Å²) >= 11 is 0. The normalized spacial score (nSPS) is 31.5. The van der Waals surface area contributed by atoms with Gasteiger partial charge in [0.2, 0.25) is 0 Å². The molecule has 1 nitrogen and oxygen atoms in total. The molecule has 8 heavy (non-hydrogen) atoms. The zero-order chi connectivity index (χ0) is 5.98. The first-order valence-corrected chi connectivity index (χ1v) is 3.34. The first-order chi connectivity index (χ1) is 3.84. The highest BCUT2D eigenvalue weighted by atomic mass is 15.2. The first-order valence-electron chi connectivity index (χ1n) is 3.34. The third-order valence-corrected chi connectivity index (χ3v) is 1.82. The molecule has 0 bridgehead atoms. The smallest absolute Gasteiger partial charge is 0.0131 e. The van der Waals surface area contributed by atoms with Crippen molar-refractivity contribution >= 4 is 0 Å². The van der Waals surface area contributed by atoms with E-state index >= 15 is 0 Å². The first kappa shape index (κ1) is 6.09. The Labute approximate surface area is 51.7 Å². The van der Waals surface area contributed by atoms with Crippen molar-refractivity contribution in [2.75, 3.05) is 13.1 Å². The van der Waals surface area contributed by atoms with E-state index in [4.69, 9.17) is 6.92 Å². The SMILES string of the molecule is [CH][C@H]1CCCN1CC. The van der Waals surface area contributed by atoms with Gasteiger partial charge in [-0.1, -0.05) is 6.92 Å². The molecule has 2 radical (unpaired) electrons. The molecule has 0 amide bonds. The van der Waals surface area contributed by atoms with Crippen LogP contribution in [-0.2, 0) is 0 Å². The van der Waals surface area contributed by atoms with Crippen LogP contribution in [0.3, 0.4) is 0 Å². The minimum atomic E-state index is 0.361. The van der Waals surface area contributed by atoms with Gasteiger partial charge in [0.1, 0.15) is 0 Å². The van der Waals surface area contributed by atoms with Crippen LogP contribution < -0.4 is 0 Å². The summed E-state index contributed by atoms with van der Waals surface area (Å²) in [5, 5.41) is 0. The van der Waals surface area contributed by atoms with Crippen LogP contribution in [0, 0.1) is 6.92 Å². The summed E-state index contributed by atoms with van der Waals surface area (Å²) in [6.45, 7) is 10.2. The van der Waals surface area contributed by atoms with Gasteiger partial charge in [0.05, 0.1) is 0 Å². The standard InChI is InChI=1S/C7H13N/c1-3-8-6-4-5-7(8)2/h2,7H,3-6H2,1H3/t7-/m0/s1. The van der Waals surface area contributed by atoms with Gasteiger partial charge in [0, 0.05) is 6.04 Å². The Kier molecular flexibility index (Phi) is 1.90. The van der Waals surface area contributed by atoms with E-state index in [9.17, 15) is 0 Å². The predicted octanol–water partition coefficient (Wildman–Crippen LogP) is 1.18. The summed E-state index contributed by atoms with van der Waals surface area (Å²) in [6.07, 6.45) is 2.48. The molecular formula is C7H13N. The second-order valence-electron chi connectivity index (χ2n) is 2.34. The largest absolute Gasteiger partial charge is 0.300 e. The average molecular weight is 111 g/mol. The fourth-order valence-corrected chi connectivity index (χ4v) is 1.24. The molecular weight excluding hydrogens is 98.1 g/mol. The maximum atomic E-state index is 5.72. The van der Waals surface area contributed by atoms with E-state index in [0.29, 0.717) is 6.04 Å². The highest BCUT2D eigenvalue weighted by Crippen LogP contribution is 2.14. The van der Waals surface area contributed by atoms with Crippen LogP contribution in [-0.4, -0.2) is 24.0 Å². The molecule has 0 aromatic heterocycles. The Morgan fingerprint density at radius 1 is 1.75 bits per heavy atom. The lowest BCUT2D eigenvalue weighted by atomic mass is 10.2. The average Bonchev–Trinajstić information content (AvgIpc) is 2.14. The molecule has 1 aliphatic rings. The zero-order valence-corrected chi connectivity index (χ0v) is 5.43. The monoisotopic (exact) mass is 111 g/mol. The van der Waals surface area contributed by atoms with Gasteiger partial charge < -0.3 is 4.90 Å². The summed E-state index contributed by atoms with van der Waals surface area (Å²) in [7, 11) is 0. The molecule has 1 heterocycles. The number of nitrogens with zero attached hydrogens (tertiary/aromatic N) is 1. The fraction of sp³-hybridized carbons (Fsp3) is 0.857. The molecule has 1 rings (SSSR count). The number of hydrogen-bond acceptors (Lipinski definition) is 1. The lowest BCUT2D eigenvalue weighted by Crippen LogP contribution is -2.26. The minimum absolute atomic E-state index is 0.361. The van der Waals surface area contributed by atoms with Gasteiger partial charge in [-0.15, -0.1) is 0 Å². The summed E-state index contributed by atoms with van der Waals surface area (Å²) in [4.78, 5) is 2.31. The van der Waals surface area contributed by atoms with E-state index in [1.165, 1.54) is 19.4 Å². The minimum Gasteiger partial charge on any atom is -0.300 e. The van der Waals surface area contributed by atoms with Crippen molar-refractivity contribution in [1.82, 2.24) is 4.90 Å². The van der Waals surface area contributed by atoms with Crippen LogP contribution in [0.1, 0.15) is 19.8 Å². The van der Waals surface area contributed by atoms with Crippen molar-refractivity contribution in [3.05, 3.63) is 6.92 Å². The van der Waals surface area contributed by atoms with Gasteiger partial charge in [-0.2, -0.15) is 0 Å². The second-order valence-corrected chi connectivity index (χ2v) is 2.34. The second kappa shape index (κ2) is 2.49. The molecule has 0 spiro atoms. The number of likely N-dealkylation sites (tertiary alicyclic amines) is 1. The molecule has 46 valence electrons. The molecule has 0 aromatic carbocycles. The highest BCUT2D eigenvalue weighted by Gasteiger charge is 2.17. The summed E-state index contributed by atoms with van der Waals surface area (Å²) in [5.41, 5.74) is 0. The maximum absolute atomic E-state index is 5.72. The van der Waals surface area contributed by atoms with Crippen LogP contribution >= 0.6 is 0 Å². The van der Waals surface area contributed by atoms with Crippen LogP contribution in [0.15, 0.2) is 0 Å². The van der Waals surface area contributed by atoms with Gasteiger partial charge in [-0.05, 0) is 32.9 Å². The third kappa shape index (κ3) is 1.03. The van der Waals surface area contributed by atoms with E-state index in [1.54, 1.807) is 0 Å². The molecule has 1 heteroatoms. The third-order valence-electron chi connectivity index (χ3n) is 1.82. The van der Waals surface area contributed by atoms with Crippen LogP contribution in [0.5, 0.6) is 0 Å². The molecule has 1 aliphatic heterocycles. The van der Waals surface area contributed by atoms with Crippen molar-refractivity contribution in [2.24, 2.45) is 0 Å². The summed E-state index contributed by atoms with van der Waals surface area (Å²) in [6, 6.07) is 0.361. The Balaban J connectivity index is 2.30. The number of rotatable bonds is 1. The highest BCUT2D eigenvalue weighted by molar-refractivity contribution is 4.79. The molecule has 0 unspecified atom stereocenters. The van der Waals surface area contributed by atoms with Crippen molar-refractivity contribution in [2.45, 2.75) is 25.8 Å². The lowest BCUT2D eigenvalue weighted by molar-refractivity contribution is 0.304. The van der Waals surface area contributed by atoms with Gasteiger partial charge in [-0.25, -0.2) is 0 Å². The Morgan fingerprint density at radius 3 is 2.75 bits per heavy atom. The Morgan fingerprint density at radius 2 is 2.50 bits per heavy atom. The fourth-order valence-electron chi connectivity index (χ4n) is 1.24. The van der Waals surface area contributed by atoms with Crippen molar-refractivity contribution in [1.29, 1.82) is 0 Å². The quantitative estimate of drug-likeness (QED) is 0.491. The molecule has 1 atom stereocenters. The Bertz CT molecular complexity index is 70.8. The van der Waals surface area contributed by atoms with Gasteiger partial charge in [0.25, 0.3) is 0 Å². The van der Waals surface area contributed by atoms with E-state index in [1.807, 2.05) is 0 Å². The van der Waals surface area contributed by atoms with Crippen molar-refractivity contribution < 1.29 is 0 Å². The van der Waals surface area contributed by atoms with Crippen molar-refractivity contribution in [3.63, 3.8) is 0 Å². The summed E-state index contributed by atoms with van der Waals surface area (Å²) in [5.74, 6) is 0. The zero-order valence-electron chi connectivity index (χ0n) is 5.43.